The maximum Gasteiger partial charge on any atom is 0.173 e. The van der Waals surface area contributed by atoms with Gasteiger partial charge in [-0.3, -0.25) is 4.79 Å². The predicted molar refractivity (Wildman–Crippen MR) is 118 cm³/mol. The number of aromatic nitrogens is 2. The lowest BCUT2D eigenvalue weighted by Gasteiger charge is -2.03. The first-order chi connectivity index (χ1) is 12.7. The van der Waals surface area contributed by atoms with Crippen molar-refractivity contribution in [2.24, 2.45) is 0 Å². The molecule has 4 aromatic rings. The summed E-state index contributed by atoms with van der Waals surface area (Å²) in [4.78, 5) is 20.1. The number of nitrogens with one attached hydrogen (secondary N) is 1. The molecule has 0 saturated heterocycles. The van der Waals surface area contributed by atoms with E-state index < -0.39 is 0 Å². The summed E-state index contributed by atoms with van der Waals surface area (Å²) in [7, 11) is 0. The molecule has 0 atom stereocenters. The van der Waals surface area contributed by atoms with Crippen LogP contribution in [0.3, 0.4) is 0 Å². The molecule has 4 rings (SSSR count). The Balaban J connectivity index is 0.00000210. The number of hydrogen-bond acceptors (Lipinski definition) is 3. The molecule has 0 aliphatic heterocycles. The summed E-state index contributed by atoms with van der Waals surface area (Å²) in [5.41, 5.74) is 4.67. The minimum absolute atomic E-state index is 0. The van der Waals surface area contributed by atoms with Gasteiger partial charge in [0.1, 0.15) is 0 Å². The Bertz CT molecular complexity index is 1060. The number of carbonyl (C=O) groups is 1. The smallest absolute Gasteiger partial charge is 0.173 e. The van der Waals surface area contributed by atoms with E-state index in [0.29, 0.717) is 16.3 Å². The van der Waals surface area contributed by atoms with Crippen LogP contribution < -0.4 is 0 Å². The van der Waals surface area contributed by atoms with Crippen LogP contribution in [-0.4, -0.2) is 21.5 Å². The number of thioether (sulfide) groups is 1. The van der Waals surface area contributed by atoms with Gasteiger partial charge in [-0.15, -0.1) is 17.0 Å². The van der Waals surface area contributed by atoms with Crippen LogP contribution in [0, 0.1) is 0 Å². The molecular weight excluding hydrogens is 444 g/mol. The average molecular weight is 460 g/mol. The Morgan fingerprint density at radius 1 is 0.963 bits per heavy atom. The van der Waals surface area contributed by atoms with Crippen LogP contribution in [0.4, 0.5) is 0 Å². The largest absolute Gasteiger partial charge is 0.333 e. The zero-order valence-corrected chi connectivity index (χ0v) is 17.5. The summed E-state index contributed by atoms with van der Waals surface area (Å²) in [6.45, 7) is 0. The molecule has 0 bridgehead atoms. The molecule has 0 aliphatic rings. The molecule has 3 nitrogen and oxygen atoms in total. The number of imidazole rings is 1. The lowest BCUT2D eigenvalue weighted by Crippen LogP contribution is -2.02. The van der Waals surface area contributed by atoms with Crippen LogP contribution in [-0.2, 0) is 0 Å². The first-order valence-electron chi connectivity index (χ1n) is 8.16. The summed E-state index contributed by atoms with van der Waals surface area (Å²) in [5, 5.41) is 1.38. The Morgan fingerprint density at radius 3 is 2.41 bits per heavy atom. The van der Waals surface area contributed by atoms with E-state index in [4.69, 9.17) is 11.6 Å². The summed E-state index contributed by atoms with van der Waals surface area (Å²) in [6, 6.07) is 23.3. The SMILES string of the molecule is Br.O=C(CSc1nc2ccc(Cl)cc2[nH]1)c1ccc(-c2ccccc2)cc1. The van der Waals surface area contributed by atoms with Crippen LogP contribution in [0.5, 0.6) is 0 Å². The molecule has 0 radical (unpaired) electrons. The third-order valence-electron chi connectivity index (χ3n) is 4.08. The topological polar surface area (TPSA) is 45.8 Å². The molecule has 3 aromatic carbocycles. The first-order valence-corrected chi connectivity index (χ1v) is 9.52. The zero-order valence-electron chi connectivity index (χ0n) is 14.2. The summed E-state index contributed by atoms with van der Waals surface area (Å²) >= 11 is 7.38. The molecular formula is C21H16BrClN2OS. The van der Waals surface area contributed by atoms with Gasteiger partial charge in [0.05, 0.1) is 16.8 Å². The fourth-order valence-electron chi connectivity index (χ4n) is 2.72. The van der Waals surface area contributed by atoms with Gasteiger partial charge in [-0.1, -0.05) is 78.0 Å². The average Bonchev–Trinajstić information content (AvgIpc) is 3.09. The molecule has 1 aromatic heterocycles. The third-order valence-corrected chi connectivity index (χ3v) is 5.18. The Labute approximate surface area is 176 Å². The van der Waals surface area contributed by atoms with Crippen molar-refractivity contribution in [3.8, 4) is 11.1 Å². The number of fused-ring (bicyclic) bond motifs is 1. The highest BCUT2D eigenvalue weighted by Gasteiger charge is 2.10. The van der Waals surface area contributed by atoms with Crippen molar-refractivity contribution in [2.45, 2.75) is 5.16 Å². The van der Waals surface area contributed by atoms with Crippen LogP contribution in [0.25, 0.3) is 22.2 Å². The van der Waals surface area contributed by atoms with E-state index in [9.17, 15) is 4.79 Å². The number of benzene rings is 3. The van der Waals surface area contributed by atoms with Crippen LogP contribution in [0.2, 0.25) is 5.02 Å². The van der Waals surface area contributed by atoms with Crippen molar-refractivity contribution in [1.82, 2.24) is 9.97 Å². The lowest BCUT2D eigenvalue weighted by atomic mass is 10.0. The van der Waals surface area contributed by atoms with Gasteiger partial charge in [-0.2, -0.15) is 0 Å². The Morgan fingerprint density at radius 2 is 1.67 bits per heavy atom. The molecule has 136 valence electrons. The second-order valence-corrected chi connectivity index (χ2v) is 7.26. The standard InChI is InChI=1S/C21H15ClN2OS.BrH/c22-17-10-11-18-19(12-17)24-21(23-18)26-13-20(25)16-8-6-15(7-9-16)14-4-2-1-3-5-14;/h1-12H,13H2,(H,23,24);1H. The number of hydrogen-bond donors (Lipinski definition) is 1. The maximum absolute atomic E-state index is 12.5. The van der Waals surface area contributed by atoms with E-state index in [1.807, 2.05) is 54.6 Å². The molecule has 0 spiro atoms. The van der Waals surface area contributed by atoms with Gasteiger partial charge < -0.3 is 4.98 Å². The molecule has 0 aliphatic carbocycles. The van der Waals surface area contributed by atoms with E-state index in [-0.39, 0.29) is 22.8 Å². The molecule has 0 unspecified atom stereocenters. The lowest BCUT2D eigenvalue weighted by molar-refractivity contribution is 0.102. The second kappa shape index (κ2) is 8.74. The van der Waals surface area contributed by atoms with Gasteiger partial charge in [0.25, 0.3) is 0 Å². The monoisotopic (exact) mass is 458 g/mol. The Kier molecular flexibility index (Phi) is 6.37. The van der Waals surface area contributed by atoms with Crippen LogP contribution in [0.15, 0.2) is 78.0 Å². The van der Waals surface area contributed by atoms with E-state index >= 15 is 0 Å². The number of Topliss-reactive ketones (excluding diaryl/α,β-unsaturated/α-hetero) is 1. The summed E-state index contributed by atoms with van der Waals surface area (Å²) in [6.07, 6.45) is 0. The number of H-pyrrole nitrogens is 1. The molecule has 6 heteroatoms. The summed E-state index contributed by atoms with van der Waals surface area (Å²) in [5.74, 6) is 0.409. The zero-order chi connectivity index (χ0) is 17.9. The van der Waals surface area contributed by atoms with Gasteiger partial charge in [0, 0.05) is 10.6 Å². The molecule has 0 fully saturated rings. The minimum atomic E-state index is 0. The highest BCUT2D eigenvalue weighted by molar-refractivity contribution is 8.93. The normalized spacial score (nSPS) is 10.6. The molecule has 0 saturated carbocycles. The van der Waals surface area contributed by atoms with Crippen LogP contribution >= 0.6 is 40.3 Å². The van der Waals surface area contributed by atoms with Crippen molar-refractivity contribution in [2.75, 3.05) is 5.75 Å². The van der Waals surface area contributed by atoms with Gasteiger partial charge in [-0.25, -0.2) is 4.98 Å². The minimum Gasteiger partial charge on any atom is -0.333 e. The van der Waals surface area contributed by atoms with E-state index in [1.165, 1.54) is 11.8 Å². The highest BCUT2D eigenvalue weighted by atomic mass is 79.9. The number of halogens is 2. The number of rotatable bonds is 5. The van der Waals surface area contributed by atoms with Gasteiger partial charge in [-0.05, 0) is 29.3 Å². The second-order valence-electron chi connectivity index (χ2n) is 5.86. The fourth-order valence-corrected chi connectivity index (χ4v) is 3.67. The first kappa shape index (κ1) is 19.7. The van der Waals surface area contributed by atoms with Gasteiger partial charge in [0.2, 0.25) is 0 Å². The predicted octanol–water partition coefficient (Wildman–Crippen LogP) is 6.44. The summed E-state index contributed by atoms with van der Waals surface area (Å²) < 4.78 is 0. The van der Waals surface area contributed by atoms with Crippen molar-refractivity contribution in [3.05, 3.63) is 83.4 Å². The van der Waals surface area contributed by atoms with Crippen molar-refractivity contribution in [3.63, 3.8) is 0 Å². The molecule has 27 heavy (non-hydrogen) atoms. The van der Waals surface area contributed by atoms with E-state index in [1.54, 1.807) is 6.07 Å². The van der Waals surface area contributed by atoms with E-state index in [0.717, 1.165) is 27.3 Å². The van der Waals surface area contributed by atoms with Crippen molar-refractivity contribution < 1.29 is 4.79 Å². The molecule has 1 heterocycles. The number of ketones is 1. The van der Waals surface area contributed by atoms with E-state index in [2.05, 4.69) is 22.1 Å². The number of nitrogens with zero attached hydrogens (tertiary/aromatic N) is 1. The molecule has 1 N–H and O–H groups in total. The fraction of sp³-hybridized carbons (Fsp3) is 0.0476. The highest BCUT2D eigenvalue weighted by Crippen LogP contribution is 2.24. The van der Waals surface area contributed by atoms with Gasteiger partial charge in [0.15, 0.2) is 10.9 Å². The third kappa shape index (κ3) is 4.61. The number of carbonyl (C=O) groups excluding carboxylic acids is 1. The Hall–Kier alpha value is -2.08. The van der Waals surface area contributed by atoms with Crippen LogP contribution in [0.1, 0.15) is 10.4 Å². The van der Waals surface area contributed by atoms with Gasteiger partial charge >= 0.3 is 0 Å². The molecule has 0 amide bonds. The number of aromatic amines is 1. The quantitative estimate of drug-likeness (QED) is 0.276. The van der Waals surface area contributed by atoms with Crippen molar-refractivity contribution in [1.29, 1.82) is 0 Å². The maximum atomic E-state index is 12.5. The van der Waals surface area contributed by atoms with Crippen molar-refractivity contribution >= 4 is 57.2 Å².